The van der Waals surface area contributed by atoms with Gasteiger partial charge in [-0.05, 0) is 42.3 Å². The van der Waals surface area contributed by atoms with Crippen LogP contribution in [0.1, 0.15) is 5.56 Å². The summed E-state index contributed by atoms with van der Waals surface area (Å²) in [5, 5.41) is 11.7. The van der Waals surface area contributed by atoms with Crippen LogP contribution in [0.2, 0.25) is 5.02 Å². The molecule has 0 bridgehead atoms. The second-order valence-corrected chi connectivity index (χ2v) is 5.00. The van der Waals surface area contributed by atoms with E-state index in [9.17, 15) is 14.3 Å². The highest BCUT2D eigenvalue weighted by molar-refractivity contribution is 6.30. The van der Waals surface area contributed by atoms with Gasteiger partial charge in [0.1, 0.15) is 11.6 Å². The third-order valence-electron chi connectivity index (χ3n) is 2.92. The summed E-state index contributed by atoms with van der Waals surface area (Å²) in [4.78, 5) is 11.9. The zero-order valence-corrected chi connectivity index (χ0v) is 11.8. The third kappa shape index (κ3) is 4.18. The summed E-state index contributed by atoms with van der Waals surface area (Å²) in [6, 6.07) is 9.62. The number of phenolic OH excluding ortho intramolecular Hbond substituents is 1. The average Bonchev–Trinajstić information content (AvgIpc) is 2.45. The Morgan fingerprint density at radius 2 is 1.95 bits per heavy atom. The summed E-state index contributed by atoms with van der Waals surface area (Å²) in [6.07, 6.45) is 0.308. The van der Waals surface area contributed by atoms with E-state index in [1.165, 1.54) is 24.3 Å². The summed E-state index contributed by atoms with van der Waals surface area (Å²) < 4.78 is 13.3. The number of aromatic hydroxyl groups is 1. The van der Waals surface area contributed by atoms with E-state index in [0.29, 0.717) is 12.1 Å². The molecule has 0 aromatic heterocycles. The largest absolute Gasteiger partial charge is 0.508 e. The number of halogens is 2. The minimum absolute atomic E-state index is 0.0126. The first-order chi connectivity index (χ1) is 9.95. The predicted octanol–water partition coefficient (Wildman–Crippen LogP) is 2.69. The first-order valence-corrected chi connectivity index (χ1v) is 6.63. The highest BCUT2D eigenvalue weighted by atomic mass is 35.5. The lowest BCUT2D eigenvalue weighted by Crippen LogP contribution is -2.37. The van der Waals surface area contributed by atoms with E-state index in [-0.39, 0.29) is 10.8 Å². The van der Waals surface area contributed by atoms with E-state index in [2.05, 4.69) is 5.32 Å². The molecule has 0 radical (unpaired) electrons. The van der Waals surface area contributed by atoms with Crippen molar-refractivity contribution in [1.82, 2.24) is 0 Å². The van der Waals surface area contributed by atoms with E-state index in [0.717, 1.165) is 11.6 Å². The smallest absolute Gasteiger partial charge is 0.241 e. The molecule has 21 heavy (non-hydrogen) atoms. The monoisotopic (exact) mass is 308 g/mol. The zero-order valence-electron chi connectivity index (χ0n) is 11.0. The van der Waals surface area contributed by atoms with Gasteiger partial charge in [0.25, 0.3) is 0 Å². The number of carbonyl (C=O) groups is 1. The summed E-state index contributed by atoms with van der Waals surface area (Å²) in [7, 11) is 0. The number of anilines is 1. The minimum atomic E-state index is -0.784. The average molecular weight is 309 g/mol. The fourth-order valence-electron chi connectivity index (χ4n) is 1.79. The van der Waals surface area contributed by atoms with Gasteiger partial charge in [-0.2, -0.15) is 0 Å². The Labute approximate surface area is 126 Å². The topological polar surface area (TPSA) is 75.3 Å². The van der Waals surface area contributed by atoms with Gasteiger partial charge >= 0.3 is 0 Å². The molecule has 4 N–H and O–H groups in total. The standard InChI is InChI=1S/C15H14ClFN2O2/c16-12-6-3-10(8-13(12)17)19-15(21)14(18)7-9-1-4-11(20)5-2-9/h1-6,8,14,20H,7,18H2,(H,19,21). The Kier molecular flexibility index (Phi) is 4.77. The van der Waals surface area contributed by atoms with Gasteiger partial charge in [0.2, 0.25) is 5.91 Å². The Morgan fingerprint density at radius 1 is 1.29 bits per heavy atom. The first kappa shape index (κ1) is 15.3. The van der Waals surface area contributed by atoms with Gasteiger partial charge in [0.15, 0.2) is 0 Å². The summed E-state index contributed by atoms with van der Waals surface area (Å²) >= 11 is 5.57. The molecule has 4 nitrogen and oxygen atoms in total. The van der Waals surface area contributed by atoms with Crippen molar-refractivity contribution < 1.29 is 14.3 Å². The molecule has 0 heterocycles. The van der Waals surface area contributed by atoms with Crippen LogP contribution in [-0.4, -0.2) is 17.1 Å². The van der Waals surface area contributed by atoms with Crippen LogP contribution < -0.4 is 11.1 Å². The summed E-state index contributed by atoms with van der Waals surface area (Å²) in [6.45, 7) is 0. The van der Waals surface area contributed by atoms with Crippen LogP contribution in [0.5, 0.6) is 5.75 Å². The maximum Gasteiger partial charge on any atom is 0.241 e. The van der Waals surface area contributed by atoms with Crippen molar-refractivity contribution in [3.05, 3.63) is 58.9 Å². The van der Waals surface area contributed by atoms with Gasteiger partial charge < -0.3 is 16.2 Å². The van der Waals surface area contributed by atoms with Crippen molar-refractivity contribution in [2.45, 2.75) is 12.5 Å². The van der Waals surface area contributed by atoms with Crippen molar-refractivity contribution in [2.24, 2.45) is 5.73 Å². The number of phenols is 1. The fourth-order valence-corrected chi connectivity index (χ4v) is 1.91. The molecule has 1 atom stereocenters. The third-order valence-corrected chi connectivity index (χ3v) is 3.22. The van der Waals surface area contributed by atoms with Gasteiger partial charge in [0, 0.05) is 5.69 Å². The minimum Gasteiger partial charge on any atom is -0.508 e. The van der Waals surface area contributed by atoms with Crippen LogP contribution in [0, 0.1) is 5.82 Å². The maximum atomic E-state index is 13.3. The lowest BCUT2D eigenvalue weighted by molar-refractivity contribution is -0.117. The number of benzene rings is 2. The quantitative estimate of drug-likeness (QED) is 0.813. The predicted molar refractivity (Wildman–Crippen MR) is 79.8 cm³/mol. The van der Waals surface area contributed by atoms with Crippen molar-refractivity contribution >= 4 is 23.2 Å². The molecule has 6 heteroatoms. The molecule has 2 rings (SSSR count). The van der Waals surface area contributed by atoms with Crippen LogP contribution in [0.3, 0.4) is 0 Å². The molecule has 0 saturated heterocycles. The first-order valence-electron chi connectivity index (χ1n) is 6.25. The molecule has 1 unspecified atom stereocenters. The van der Waals surface area contributed by atoms with Gasteiger partial charge in [-0.15, -0.1) is 0 Å². The van der Waals surface area contributed by atoms with Crippen molar-refractivity contribution in [2.75, 3.05) is 5.32 Å². The second kappa shape index (κ2) is 6.56. The van der Waals surface area contributed by atoms with Crippen LogP contribution in [0.25, 0.3) is 0 Å². The molecule has 2 aromatic carbocycles. The number of amides is 1. The Hall–Kier alpha value is -2.11. The van der Waals surface area contributed by atoms with Crippen LogP contribution >= 0.6 is 11.6 Å². The molecule has 0 aliphatic carbocycles. The fraction of sp³-hybridized carbons (Fsp3) is 0.133. The highest BCUT2D eigenvalue weighted by Crippen LogP contribution is 2.19. The van der Waals surface area contributed by atoms with E-state index >= 15 is 0 Å². The summed E-state index contributed by atoms with van der Waals surface area (Å²) in [5.41, 5.74) is 6.92. The number of nitrogens with two attached hydrogens (primary N) is 1. The van der Waals surface area contributed by atoms with E-state index < -0.39 is 17.8 Å². The van der Waals surface area contributed by atoms with Gasteiger partial charge in [0.05, 0.1) is 11.1 Å². The number of carbonyl (C=O) groups excluding carboxylic acids is 1. The van der Waals surface area contributed by atoms with E-state index in [1.807, 2.05) is 0 Å². The second-order valence-electron chi connectivity index (χ2n) is 4.60. The molecule has 110 valence electrons. The number of hydrogen-bond donors (Lipinski definition) is 3. The van der Waals surface area contributed by atoms with Gasteiger partial charge in [-0.3, -0.25) is 4.79 Å². The Bertz CT molecular complexity index is 647. The molecule has 0 saturated carbocycles. The maximum absolute atomic E-state index is 13.3. The Balaban J connectivity index is 1.98. The molecule has 2 aromatic rings. The zero-order chi connectivity index (χ0) is 15.4. The van der Waals surface area contributed by atoms with E-state index in [1.54, 1.807) is 12.1 Å². The molecular formula is C15H14ClFN2O2. The lowest BCUT2D eigenvalue weighted by atomic mass is 10.1. The van der Waals surface area contributed by atoms with Gasteiger partial charge in [-0.1, -0.05) is 23.7 Å². The lowest BCUT2D eigenvalue weighted by Gasteiger charge is -2.12. The normalized spacial score (nSPS) is 12.0. The van der Waals surface area contributed by atoms with E-state index in [4.69, 9.17) is 17.3 Å². The molecule has 0 fully saturated rings. The number of hydrogen-bond acceptors (Lipinski definition) is 3. The number of rotatable bonds is 4. The Morgan fingerprint density at radius 3 is 2.57 bits per heavy atom. The molecule has 0 aliphatic heterocycles. The van der Waals surface area contributed by atoms with Crippen molar-refractivity contribution in [3.8, 4) is 5.75 Å². The molecule has 0 aliphatic rings. The van der Waals surface area contributed by atoms with Gasteiger partial charge in [-0.25, -0.2) is 4.39 Å². The van der Waals surface area contributed by atoms with Crippen LogP contribution in [0.15, 0.2) is 42.5 Å². The molecule has 1 amide bonds. The molecular weight excluding hydrogens is 295 g/mol. The molecule has 0 spiro atoms. The van der Waals surface area contributed by atoms with Crippen LogP contribution in [0.4, 0.5) is 10.1 Å². The summed E-state index contributed by atoms with van der Waals surface area (Å²) in [5.74, 6) is -0.889. The van der Waals surface area contributed by atoms with Crippen LogP contribution in [-0.2, 0) is 11.2 Å². The van der Waals surface area contributed by atoms with Crippen molar-refractivity contribution in [1.29, 1.82) is 0 Å². The SMILES string of the molecule is NC(Cc1ccc(O)cc1)C(=O)Nc1ccc(Cl)c(F)c1. The number of nitrogens with one attached hydrogen (secondary N) is 1. The highest BCUT2D eigenvalue weighted by Gasteiger charge is 2.15. The van der Waals surface area contributed by atoms with Crippen molar-refractivity contribution in [3.63, 3.8) is 0 Å².